The molecule has 0 amide bonds. The number of allylic oxidation sites excluding steroid dienone is 13. The van der Waals surface area contributed by atoms with Crippen molar-refractivity contribution in [3.05, 3.63) is 340 Å². The third-order valence-electron chi connectivity index (χ3n) is 18.1. The summed E-state index contributed by atoms with van der Waals surface area (Å²) in [6.07, 6.45) is 20.8. The van der Waals surface area contributed by atoms with Crippen LogP contribution in [0.2, 0.25) is 0 Å². The molecule has 7 aromatic rings. The zero-order valence-electron chi connectivity index (χ0n) is 52.0. The molecule has 0 bridgehead atoms. The second-order valence-corrected chi connectivity index (χ2v) is 23.5. The van der Waals surface area contributed by atoms with E-state index >= 15 is 0 Å². The minimum absolute atomic E-state index is 0. The van der Waals surface area contributed by atoms with Crippen molar-refractivity contribution >= 4 is 29.9 Å². The van der Waals surface area contributed by atoms with Crippen LogP contribution in [0.4, 0.5) is 0 Å². The van der Waals surface area contributed by atoms with Gasteiger partial charge in [0.05, 0.1) is 0 Å². The smallest absolute Gasteiger partial charge is 0.0159 e. The van der Waals surface area contributed by atoms with Gasteiger partial charge in [-0.25, -0.2) is 0 Å². The van der Waals surface area contributed by atoms with Crippen LogP contribution >= 0.6 is 0 Å². The lowest BCUT2D eigenvalue weighted by Crippen LogP contribution is -2.16. The van der Waals surface area contributed by atoms with E-state index in [1.54, 1.807) is 0 Å². The summed E-state index contributed by atoms with van der Waals surface area (Å²) in [6.45, 7) is 59.4. The average Bonchev–Trinajstić information content (AvgIpc) is 2.06. The molecule has 0 N–H and O–H groups in total. The predicted molar refractivity (Wildman–Crippen MR) is 379 cm³/mol. The van der Waals surface area contributed by atoms with E-state index in [0.717, 1.165) is 41.6 Å². The molecule has 1 unspecified atom stereocenters. The van der Waals surface area contributed by atoms with Crippen molar-refractivity contribution in [1.82, 2.24) is 0 Å². The Morgan fingerprint density at radius 3 is 1.60 bits per heavy atom. The van der Waals surface area contributed by atoms with E-state index in [-0.39, 0.29) is 24.2 Å². The van der Waals surface area contributed by atoms with Crippen molar-refractivity contribution in [2.24, 2.45) is 0 Å². The minimum atomic E-state index is -0.106. The van der Waals surface area contributed by atoms with Gasteiger partial charge in [0.2, 0.25) is 0 Å². The van der Waals surface area contributed by atoms with Gasteiger partial charge in [-0.2, -0.15) is 0 Å². The fourth-order valence-corrected chi connectivity index (χ4v) is 13.2. The molecular formula is C85H90. The monoisotopic (exact) mass is 1110 g/mol. The van der Waals surface area contributed by atoms with Crippen molar-refractivity contribution in [3.8, 4) is 33.4 Å². The Bertz CT molecular complexity index is 3950. The van der Waals surface area contributed by atoms with Crippen LogP contribution in [-0.4, -0.2) is 0 Å². The zero-order chi connectivity index (χ0) is 60.8. The molecule has 7 aromatic carbocycles. The molecule has 0 saturated carbocycles. The lowest BCUT2D eigenvalue weighted by atomic mass is 9.79. The first kappa shape index (κ1) is 63.7. The van der Waals surface area contributed by atoms with Gasteiger partial charge in [0.1, 0.15) is 0 Å². The van der Waals surface area contributed by atoms with Gasteiger partial charge in [0, 0.05) is 16.7 Å². The van der Waals surface area contributed by atoms with Crippen molar-refractivity contribution in [1.29, 1.82) is 0 Å². The molecule has 0 aromatic heterocycles. The molecule has 430 valence electrons. The molecule has 3 aliphatic rings. The Morgan fingerprint density at radius 2 is 1.11 bits per heavy atom. The second kappa shape index (κ2) is 26.8. The van der Waals surface area contributed by atoms with Crippen molar-refractivity contribution in [2.75, 3.05) is 0 Å². The van der Waals surface area contributed by atoms with Crippen LogP contribution in [0.5, 0.6) is 0 Å². The van der Waals surface area contributed by atoms with E-state index in [0.29, 0.717) is 0 Å². The molecule has 0 fully saturated rings. The van der Waals surface area contributed by atoms with Crippen LogP contribution in [0, 0.1) is 6.92 Å². The van der Waals surface area contributed by atoms with Gasteiger partial charge in [0.25, 0.3) is 0 Å². The van der Waals surface area contributed by atoms with Crippen LogP contribution in [0.25, 0.3) is 63.3 Å². The highest BCUT2D eigenvalue weighted by Gasteiger charge is 2.40. The third-order valence-corrected chi connectivity index (χ3v) is 18.1. The molecule has 0 heterocycles. The maximum Gasteiger partial charge on any atom is 0.0159 e. The highest BCUT2D eigenvalue weighted by Crippen LogP contribution is 2.55. The Morgan fingerprint density at radius 1 is 0.588 bits per heavy atom. The minimum Gasteiger partial charge on any atom is -0.0988 e. The summed E-state index contributed by atoms with van der Waals surface area (Å²) >= 11 is 0. The largest absolute Gasteiger partial charge is 0.0988 e. The van der Waals surface area contributed by atoms with Crippen LogP contribution in [0.15, 0.2) is 262 Å². The molecule has 0 radical (unpaired) electrons. The van der Waals surface area contributed by atoms with E-state index in [4.69, 9.17) is 0 Å². The van der Waals surface area contributed by atoms with Crippen LogP contribution in [0.3, 0.4) is 0 Å². The van der Waals surface area contributed by atoms with Crippen molar-refractivity contribution in [3.63, 3.8) is 0 Å². The summed E-state index contributed by atoms with van der Waals surface area (Å²) in [6, 6.07) is 48.4. The number of rotatable bonds is 16. The first-order valence-electron chi connectivity index (χ1n) is 29.7. The van der Waals surface area contributed by atoms with E-state index in [1.165, 1.54) is 134 Å². The summed E-state index contributed by atoms with van der Waals surface area (Å²) in [4.78, 5) is 0. The second-order valence-electron chi connectivity index (χ2n) is 23.5. The van der Waals surface area contributed by atoms with Gasteiger partial charge in [-0.05, 0) is 215 Å². The highest BCUT2D eigenvalue weighted by molar-refractivity contribution is 5.95. The zero-order valence-corrected chi connectivity index (χ0v) is 52.0. The summed E-state index contributed by atoms with van der Waals surface area (Å²) in [5, 5.41) is 0. The van der Waals surface area contributed by atoms with Crippen LogP contribution in [0.1, 0.15) is 154 Å². The fraction of sp³-hybridized carbons (Fsp3) is 0.200. The molecule has 0 nitrogen and oxygen atoms in total. The maximum absolute atomic E-state index is 4.32. The van der Waals surface area contributed by atoms with E-state index in [1.807, 2.05) is 61.6 Å². The Labute approximate surface area is 513 Å². The molecular weight excluding hydrogens is 1020 g/mol. The summed E-state index contributed by atoms with van der Waals surface area (Å²) in [5.74, 6) is 0.279. The van der Waals surface area contributed by atoms with Crippen molar-refractivity contribution < 1.29 is 0 Å². The third kappa shape index (κ3) is 12.0. The summed E-state index contributed by atoms with van der Waals surface area (Å²) in [5.41, 5.74) is 35.1. The summed E-state index contributed by atoms with van der Waals surface area (Å²) < 4.78 is 0. The first-order valence-corrected chi connectivity index (χ1v) is 29.7. The Hall–Kier alpha value is -8.84. The van der Waals surface area contributed by atoms with Gasteiger partial charge in [-0.3, -0.25) is 0 Å². The van der Waals surface area contributed by atoms with Crippen molar-refractivity contribution in [2.45, 2.75) is 113 Å². The molecule has 3 aliphatic carbocycles. The lowest BCUT2D eigenvalue weighted by Gasteiger charge is -2.24. The standard InChI is InChI=1S/C41H40.C23H28.C20H18.CH4/c1-11-25-21-37-39(31(15-5)29(25)13-3)33-19-17-27(23-35(33)41(37,9)10)26-16-18-32-34(22-26)40(7,8)36-20-24(6)28(12-2)30(14-4)38(32)36;1-8-14-23(17(4)9-2)19(6)18(5)22(10-3)20(7)21-15-12-11-13-16-21;1-3-17(13-16-9-5-4-6-10-16)20-14-18-11-7-8-12-19(18)15(20)2;/h12-23H,2-5,11H2,1,6-10H3;8-16,20H,2-3,6H2,1,4-5,7H3;3-12H,1-2,13-14H2;1H4/b;14-8-,22-18+,23-17+;20-17+;. The molecule has 0 spiro atoms. The molecule has 0 heteroatoms. The molecule has 1 atom stereocenters. The van der Waals surface area contributed by atoms with Crippen LogP contribution in [-0.2, 0) is 30.1 Å². The van der Waals surface area contributed by atoms with Crippen LogP contribution < -0.4 is 0 Å². The SMILES string of the molecule is C.C=C/C(C)=C(\C=C/C)C(=C)/C(C)=C(\C=C)C(C)c1ccccc1.C=C/C(Cc1ccccc1)=C1/Cc2ccccc2C1=C.C=Cc1c(C)cc2c(c1C=C)-c1ccc(-c3ccc4c(c3)C(C)(C)c3cc(CC)c(C=C)c(C=C)c3-4)cc1C2(C)C. The predicted octanol–water partition coefficient (Wildman–Crippen LogP) is 24.0. The normalized spacial score (nSPS) is 15.0. The Kier molecular flexibility index (Phi) is 20.1. The fourth-order valence-electron chi connectivity index (χ4n) is 13.2. The van der Waals surface area contributed by atoms with Gasteiger partial charge < -0.3 is 0 Å². The number of fused-ring (bicyclic) bond motifs is 7. The van der Waals surface area contributed by atoms with E-state index in [2.05, 4.69) is 255 Å². The summed E-state index contributed by atoms with van der Waals surface area (Å²) in [7, 11) is 0. The quantitative estimate of drug-likeness (QED) is 0.0846. The van der Waals surface area contributed by atoms with Gasteiger partial charge in [-0.1, -0.05) is 284 Å². The topological polar surface area (TPSA) is 0 Å². The molecule has 10 rings (SSSR count). The van der Waals surface area contributed by atoms with Gasteiger partial charge in [0.15, 0.2) is 0 Å². The first-order chi connectivity index (χ1) is 40.3. The lowest BCUT2D eigenvalue weighted by molar-refractivity contribution is 0.658. The van der Waals surface area contributed by atoms with Gasteiger partial charge >= 0.3 is 0 Å². The number of hydrogen-bond acceptors (Lipinski definition) is 0. The molecule has 0 saturated heterocycles. The van der Waals surface area contributed by atoms with E-state index < -0.39 is 0 Å². The number of benzene rings is 7. The Balaban J connectivity index is 0.000000200. The maximum atomic E-state index is 4.32. The molecule has 0 aliphatic heterocycles. The van der Waals surface area contributed by atoms with E-state index in [9.17, 15) is 0 Å². The highest BCUT2D eigenvalue weighted by atomic mass is 14.4. The van der Waals surface area contributed by atoms with Gasteiger partial charge in [-0.15, -0.1) is 0 Å². The number of hydrogen-bond donors (Lipinski definition) is 0. The number of aryl methyl sites for hydroxylation is 2. The average molecular weight is 1110 g/mol. The molecule has 85 heavy (non-hydrogen) atoms.